The van der Waals surface area contributed by atoms with Crippen LogP contribution in [0.2, 0.25) is 0 Å². The van der Waals surface area contributed by atoms with Gasteiger partial charge >= 0.3 is 0 Å². The van der Waals surface area contributed by atoms with E-state index >= 15 is 0 Å². The maximum absolute atomic E-state index is 10.3. The average molecular weight is 473 g/mol. The number of hydrogen-bond donors (Lipinski definition) is 3. The van der Waals surface area contributed by atoms with Crippen LogP contribution >= 0.6 is 0 Å². The van der Waals surface area contributed by atoms with Crippen molar-refractivity contribution < 1.29 is 15.3 Å². The molecule has 3 N–H and O–H groups in total. The molecule has 3 saturated carbocycles. The van der Waals surface area contributed by atoms with Gasteiger partial charge in [-0.3, -0.25) is 0 Å². The summed E-state index contributed by atoms with van der Waals surface area (Å²) in [7, 11) is 0. The third-order valence-corrected chi connectivity index (χ3v) is 9.60. The number of fused-ring (bicyclic) bond motifs is 1. The van der Waals surface area contributed by atoms with E-state index in [0.29, 0.717) is 36.0 Å². The van der Waals surface area contributed by atoms with Crippen LogP contribution in [0.1, 0.15) is 112 Å². The van der Waals surface area contributed by atoms with E-state index in [-0.39, 0.29) is 0 Å². The van der Waals surface area contributed by atoms with Gasteiger partial charge in [-0.25, -0.2) is 0 Å². The van der Waals surface area contributed by atoms with E-state index in [1.165, 1.54) is 51.4 Å². The maximum atomic E-state index is 10.3. The van der Waals surface area contributed by atoms with Crippen molar-refractivity contribution in [1.29, 1.82) is 0 Å². The Kier molecular flexibility index (Phi) is 9.31. The monoisotopic (exact) mass is 472 g/mol. The Morgan fingerprint density at radius 1 is 1.15 bits per heavy atom. The van der Waals surface area contributed by atoms with Crippen LogP contribution in [-0.2, 0) is 0 Å². The van der Waals surface area contributed by atoms with Gasteiger partial charge in [0.25, 0.3) is 0 Å². The van der Waals surface area contributed by atoms with E-state index in [1.54, 1.807) is 5.57 Å². The van der Waals surface area contributed by atoms with Crippen molar-refractivity contribution in [2.24, 2.45) is 29.1 Å². The number of allylic oxidation sites excluding steroid dienone is 3. The number of aliphatic hydroxyl groups is 3. The molecular formula is C31H52O3. The molecule has 0 aromatic carbocycles. The highest BCUT2D eigenvalue weighted by Crippen LogP contribution is 2.61. The first-order valence-corrected chi connectivity index (χ1v) is 14.1. The van der Waals surface area contributed by atoms with Gasteiger partial charge in [0.1, 0.15) is 0 Å². The zero-order chi connectivity index (χ0) is 25.1. The summed E-state index contributed by atoms with van der Waals surface area (Å²) in [5.41, 5.74) is 3.23. The van der Waals surface area contributed by atoms with E-state index in [0.717, 1.165) is 29.9 Å². The SMILES string of the molecule is C=C1/C(=C\C=C2/[C@@H](CCCC)CC[C@]3(C)[C@@H]([C@H](C)CCCC(C)(C)O)CC[C@@H]23)C[C@@H](O)C[C@@H]1O. The van der Waals surface area contributed by atoms with Crippen LogP contribution in [0.25, 0.3) is 0 Å². The lowest BCUT2D eigenvalue weighted by Gasteiger charge is -2.47. The Hall–Kier alpha value is -0.900. The second-order valence-corrected chi connectivity index (χ2v) is 12.8. The highest BCUT2D eigenvalue weighted by Gasteiger charge is 2.52. The van der Waals surface area contributed by atoms with Crippen molar-refractivity contribution >= 4 is 0 Å². The quantitative estimate of drug-likeness (QED) is 0.335. The summed E-state index contributed by atoms with van der Waals surface area (Å²) in [6.07, 6.45) is 16.6. The average Bonchev–Trinajstić information content (AvgIpc) is 3.10. The first-order chi connectivity index (χ1) is 16.0. The lowest BCUT2D eigenvalue weighted by molar-refractivity contribution is 0.0562. The summed E-state index contributed by atoms with van der Waals surface area (Å²) in [4.78, 5) is 0. The first kappa shape index (κ1) is 27.7. The van der Waals surface area contributed by atoms with Crippen molar-refractivity contribution in [3.8, 4) is 0 Å². The zero-order valence-electron chi connectivity index (χ0n) is 22.7. The summed E-state index contributed by atoms with van der Waals surface area (Å²) in [6, 6.07) is 0. The van der Waals surface area contributed by atoms with Gasteiger partial charge < -0.3 is 15.3 Å². The molecule has 0 aromatic heterocycles. The fourth-order valence-corrected chi connectivity index (χ4v) is 7.57. The van der Waals surface area contributed by atoms with Gasteiger partial charge in [-0.05, 0) is 99.0 Å². The van der Waals surface area contributed by atoms with Gasteiger partial charge in [-0.2, -0.15) is 0 Å². The molecule has 0 amide bonds. The molecule has 3 nitrogen and oxygen atoms in total. The van der Waals surface area contributed by atoms with Crippen LogP contribution in [0.4, 0.5) is 0 Å². The molecule has 0 bridgehead atoms. The Balaban J connectivity index is 1.82. The number of hydrogen-bond acceptors (Lipinski definition) is 3. The molecule has 3 heteroatoms. The predicted molar refractivity (Wildman–Crippen MR) is 142 cm³/mol. The normalized spacial score (nSPS) is 37.9. The van der Waals surface area contributed by atoms with Crippen LogP contribution in [0.3, 0.4) is 0 Å². The molecule has 194 valence electrons. The topological polar surface area (TPSA) is 60.7 Å². The standard InChI is InChI=1S/C31H52O3/c1-7-8-11-23-16-18-31(6)27(21(2)10-9-17-30(4,5)34)14-15-28(31)26(23)13-12-24-19-25(32)20-29(33)22(24)3/h12-13,21,23,25,27-29,32-34H,3,7-11,14-20H2,1-2,4-6H3/b24-12-,26-13+/t21-,23+,25-,27-,28+,29+,31-/m1/s1. The maximum Gasteiger partial charge on any atom is 0.0811 e. The Bertz CT molecular complexity index is 757. The van der Waals surface area contributed by atoms with Gasteiger partial charge in [0, 0.05) is 6.42 Å². The molecule has 0 unspecified atom stereocenters. The van der Waals surface area contributed by atoms with Crippen LogP contribution < -0.4 is 0 Å². The minimum Gasteiger partial charge on any atom is -0.393 e. The first-order valence-electron chi connectivity index (χ1n) is 14.1. The fraction of sp³-hybridized carbons (Fsp3) is 0.806. The van der Waals surface area contributed by atoms with Crippen LogP contribution in [-0.4, -0.2) is 33.1 Å². The van der Waals surface area contributed by atoms with Crippen molar-refractivity contribution in [2.45, 2.75) is 129 Å². The highest BCUT2D eigenvalue weighted by molar-refractivity contribution is 5.39. The minimum atomic E-state index is -0.624. The van der Waals surface area contributed by atoms with Crippen molar-refractivity contribution in [3.63, 3.8) is 0 Å². The summed E-state index contributed by atoms with van der Waals surface area (Å²) < 4.78 is 0. The molecular weight excluding hydrogens is 420 g/mol. The van der Waals surface area contributed by atoms with E-state index in [1.807, 2.05) is 13.8 Å². The van der Waals surface area contributed by atoms with Gasteiger partial charge in [0.2, 0.25) is 0 Å². The summed E-state index contributed by atoms with van der Waals surface area (Å²) in [5.74, 6) is 2.72. The Morgan fingerprint density at radius 3 is 2.56 bits per heavy atom. The summed E-state index contributed by atoms with van der Waals surface area (Å²) in [6.45, 7) is 15.3. The highest BCUT2D eigenvalue weighted by atomic mass is 16.3. The van der Waals surface area contributed by atoms with E-state index < -0.39 is 17.8 Å². The van der Waals surface area contributed by atoms with Crippen LogP contribution in [0.5, 0.6) is 0 Å². The van der Waals surface area contributed by atoms with Crippen molar-refractivity contribution in [1.82, 2.24) is 0 Å². The predicted octanol–water partition coefficient (Wildman–Crippen LogP) is 7.12. The zero-order valence-corrected chi connectivity index (χ0v) is 22.7. The number of unbranched alkanes of at least 4 members (excludes halogenated alkanes) is 1. The number of aliphatic hydroxyl groups excluding tert-OH is 2. The smallest absolute Gasteiger partial charge is 0.0811 e. The largest absolute Gasteiger partial charge is 0.393 e. The van der Waals surface area contributed by atoms with E-state index in [9.17, 15) is 15.3 Å². The molecule has 0 saturated heterocycles. The molecule has 3 fully saturated rings. The van der Waals surface area contributed by atoms with Crippen LogP contribution in [0, 0.1) is 29.1 Å². The Labute approximate surface area is 209 Å². The second kappa shape index (κ2) is 11.4. The lowest BCUT2D eigenvalue weighted by Crippen LogP contribution is -2.39. The molecule has 3 aliphatic carbocycles. The third kappa shape index (κ3) is 6.45. The lowest BCUT2D eigenvalue weighted by atomic mass is 9.57. The third-order valence-electron chi connectivity index (χ3n) is 9.60. The van der Waals surface area contributed by atoms with Gasteiger partial charge in [0.15, 0.2) is 0 Å². The molecule has 34 heavy (non-hydrogen) atoms. The van der Waals surface area contributed by atoms with Crippen molar-refractivity contribution in [3.05, 3.63) is 35.5 Å². The minimum absolute atomic E-state index is 0.351. The van der Waals surface area contributed by atoms with Gasteiger partial charge in [-0.1, -0.05) is 70.8 Å². The number of rotatable bonds is 9. The van der Waals surface area contributed by atoms with Gasteiger partial charge in [-0.15, -0.1) is 0 Å². The fourth-order valence-electron chi connectivity index (χ4n) is 7.57. The van der Waals surface area contributed by atoms with E-state index in [4.69, 9.17) is 0 Å². The van der Waals surface area contributed by atoms with Crippen molar-refractivity contribution in [2.75, 3.05) is 0 Å². The molecule has 0 aliphatic heterocycles. The molecule has 0 heterocycles. The molecule has 0 radical (unpaired) electrons. The Morgan fingerprint density at radius 2 is 1.88 bits per heavy atom. The molecule has 7 atom stereocenters. The molecule has 3 rings (SSSR count). The van der Waals surface area contributed by atoms with Crippen LogP contribution in [0.15, 0.2) is 35.5 Å². The summed E-state index contributed by atoms with van der Waals surface area (Å²) in [5, 5.41) is 30.6. The second-order valence-electron chi connectivity index (χ2n) is 12.8. The summed E-state index contributed by atoms with van der Waals surface area (Å²) >= 11 is 0. The molecule has 0 spiro atoms. The van der Waals surface area contributed by atoms with E-state index in [2.05, 4.69) is 39.5 Å². The van der Waals surface area contributed by atoms with Gasteiger partial charge in [0.05, 0.1) is 17.8 Å². The molecule has 0 aromatic rings. The molecule has 3 aliphatic rings.